The van der Waals surface area contributed by atoms with Crippen molar-refractivity contribution in [3.8, 4) is 11.5 Å². The molecule has 0 spiro atoms. The van der Waals surface area contributed by atoms with Crippen molar-refractivity contribution < 1.29 is 14.3 Å². The van der Waals surface area contributed by atoms with Crippen molar-refractivity contribution in [3.63, 3.8) is 0 Å². The van der Waals surface area contributed by atoms with Crippen molar-refractivity contribution in [1.29, 1.82) is 0 Å². The fourth-order valence-corrected chi connectivity index (χ4v) is 2.24. The fourth-order valence-electron chi connectivity index (χ4n) is 2.24. The predicted octanol–water partition coefficient (Wildman–Crippen LogP) is 3.24. The molecule has 0 aliphatic rings. The van der Waals surface area contributed by atoms with Gasteiger partial charge in [-0.15, -0.1) is 0 Å². The Kier molecular flexibility index (Phi) is 3.70. The minimum Gasteiger partial charge on any atom is -0.497 e. The van der Waals surface area contributed by atoms with Gasteiger partial charge in [0.25, 0.3) is 5.91 Å². The van der Waals surface area contributed by atoms with Gasteiger partial charge in [-0.1, -0.05) is 6.07 Å². The van der Waals surface area contributed by atoms with Gasteiger partial charge in [-0.05, 0) is 30.3 Å². The van der Waals surface area contributed by atoms with Crippen LogP contribution in [0.5, 0.6) is 11.5 Å². The Bertz CT molecular complexity index is 824. The van der Waals surface area contributed by atoms with Gasteiger partial charge >= 0.3 is 0 Å². The van der Waals surface area contributed by atoms with E-state index in [1.807, 2.05) is 30.3 Å². The number of nitrogens with one attached hydrogen (secondary N) is 2. The number of benzene rings is 2. The molecule has 0 aliphatic carbocycles. The largest absolute Gasteiger partial charge is 0.497 e. The Labute approximate surface area is 127 Å². The average Bonchev–Trinajstić information content (AvgIpc) is 2.98. The minimum atomic E-state index is -0.243. The van der Waals surface area contributed by atoms with Gasteiger partial charge in [0.2, 0.25) is 0 Å². The lowest BCUT2D eigenvalue weighted by Crippen LogP contribution is -2.11. The Balaban J connectivity index is 1.91. The molecular formula is C17H15N2O3. The number of carbonyl (C=O) groups is 1. The Morgan fingerprint density at radius 3 is 2.64 bits per heavy atom. The number of H-pyrrole nitrogens is 1. The molecule has 111 valence electrons. The highest BCUT2D eigenvalue weighted by Crippen LogP contribution is 2.24. The van der Waals surface area contributed by atoms with Gasteiger partial charge in [0.05, 0.1) is 26.0 Å². The van der Waals surface area contributed by atoms with Crippen LogP contribution in [0, 0.1) is 6.20 Å². The summed E-state index contributed by atoms with van der Waals surface area (Å²) in [5.41, 5.74) is 1.93. The van der Waals surface area contributed by atoms with Crippen LogP contribution in [0.1, 0.15) is 10.4 Å². The summed E-state index contributed by atoms with van der Waals surface area (Å²) >= 11 is 0. The molecule has 0 aliphatic heterocycles. The number of methoxy groups -OCH3 is 2. The zero-order valence-electron chi connectivity index (χ0n) is 12.3. The monoisotopic (exact) mass is 295 g/mol. The number of anilines is 1. The maximum atomic E-state index is 12.4. The van der Waals surface area contributed by atoms with E-state index in [-0.39, 0.29) is 5.91 Å². The van der Waals surface area contributed by atoms with Crippen molar-refractivity contribution in [3.05, 3.63) is 54.2 Å². The molecule has 0 atom stereocenters. The Morgan fingerprint density at radius 2 is 1.86 bits per heavy atom. The van der Waals surface area contributed by atoms with E-state index in [0.29, 0.717) is 22.7 Å². The van der Waals surface area contributed by atoms with Gasteiger partial charge in [-0.2, -0.15) is 0 Å². The molecule has 5 heteroatoms. The van der Waals surface area contributed by atoms with E-state index >= 15 is 0 Å². The summed E-state index contributed by atoms with van der Waals surface area (Å²) in [4.78, 5) is 15.4. The molecule has 1 radical (unpaired) electrons. The van der Waals surface area contributed by atoms with Crippen LogP contribution in [-0.2, 0) is 0 Å². The normalized spacial score (nSPS) is 10.5. The minimum absolute atomic E-state index is 0.243. The summed E-state index contributed by atoms with van der Waals surface area (Å²) < 4.78 is 10.3. The number of carbonyl (C=O) groups excluding carboxylic acids is 1. The molecule has 2 N–H and O–H groups in total. The zero-order chi connectivity index (χ0) is 15.5. The second kappa shape index (κ2) is 5.81. The third kappa shape index (κ3) is 2.61. The third-order valence-electron chi connectivity index (χ3n) is 3.37. The highest BCUT2D eigenvalue weighted by molar-refractivity contribution is 6.12. The van der Waals surface area contributed by atoms with Crippen LogP contribution in [0.4, 0.5) is 5.69 Å². The van der Waals surface area contributed by atoms with E-state index in [2.05, 4.69) is 16.5 Å². The molecule has 1 heterocycles. The van der Waals surface area contributed by atoms with Crippen LogP contribution < -0.4 is 14.8 Å². The van der Waals surface area contributed by atoms with Gasteiger partial charge in [0.15, 0.2) is 0 Å². The molecule has 0 bridgehead atoms. The summed E-state index contributed by atoms with van der Waals surface area (Å²) in [6.07, 6.45) is 2.89. The number of hydrogen-bond acceptors (Lipinski definition) is 3. The molecular weight excluding hydrogens is 280 g/mol. The first kappa shape index (κ1) is 14.0. The topological polar surface area (TPSA) is 63.3 Å². The molecule has 3 aromatic rings. The van der Waals surface area contributed by atoms with E-state index in [1.165, 1.54) is 0 Å². The van der Waals surface area contributed by atoms with Gasteiger partial charge in [-0.3, -0.25) is 4.79 Å². The number of rotatable bonds is 4. The van der Waals surface area contributed by atoms with E-state index < -0.39 is 0 Å². The van der Waals surface area contributed by atoms with Crippen molar-refractivity contribution in [2.24, 2.45) is 0 Å². The van der Waals surface area contributed by atoms with Crippen LogP contribution in [0.2, 0.25) is 0 Å². The standard InChI is InChI=1S/C17H15N2O3/c1-21-12-5-3-4-11(8-12)19-17(20)15-10-18-16-7-6-13(22-2)9-14(15)16/h3-9,18H,1-2H3,(H,19,20). The smallest absolute Gasteiger partial charge is 0.258 e. The van der Waals surface area contributed by atoms with E-state index in [9.17, 15) is 4.79 Å². The number of amides is 1. The lowest BCUT2D eigenvalue weighted by molar-refractivity contribution is 0.102. The molecule has 3 rings (SSSR count). The number of ether oxygens (including phenoxy) is 2. The quantitative estimate of drug-likeness (QED) is 0.776. The number of fused-ring (bicyclic) bond motifs is 1. The zero-order valence-corrected chi connectivity index (χ0v) is 12.3. The summed E-state index contributed by atoms with van der Waals surface area (Å²) in [6, 6.07) is 12.7. The van der Waals surface area contributed by atoms with Gasteiger partial charge in [0, 0.05) is 22.7 Å². The first-order valence-electron chi connectivity index (χ1n) is 6.74. The molecule has 1 amide bonds. The maximum Gasteiger partial charge on any atom is 0.258 e. The summed E-state index contributed by atoms with van der Waals surface area (Å²) in [7, 11) is 3.17. The lowest BCUT2D eigenvalue weighted by Gasteiger charge is -2.06. The molecule has 1 aromatic heterocycles. The lowest BCUT2D eigenvalue weighted by atomic mass is 10.1. The second-order valence-electron chi connectivity index (χ2n) is 4.72. The number of aromatic amines is 1. The van der Waals surface area contributed by atoms with Crippen molar-refractivity contribution in [2.75, 3.05) is 19.5 Å². The Morgan fingerprint density at radius 1 is 1.09 bits per heavy atom. The molecule has 0 saturated carbocycles. The van der Waals surface area contributed by atoms with Gasteiger partial charge < -0.3 is 19.8 Å². The average molecular weight is 295 g/mol. The SMILES string of the molecule is COc1cccc(NC(=O)c2[c][nH]c3ccc(OC)cc23)c1. The van der Waals surface area contributed by atoms with Crippen molar-refractivity contribution >= 4 is 22.5 Å². The van der Waals surface area contributed by atoms with Gasteiger partial charge in [0.1, 0.15) is 11.5 Å². The van der Waals surface area contributed by atoms with Crippen molar-refractivity contribution in [1.82, 2.24) is 4.98 Å². The Hall–Kier alpha value is -2.95. The molecule has 0 fully saturated rings. The molecule has 2 aromatic carbocycles. The van der Waals surface area contributed by atoms with Crippen LogP contribution in [-0.4, -0.2) is 25.1 Å². The van der Waals surface area contributed by atoms with Crippen molar-refractivity contribution in [2.45, 2.75) is 0 Å². The number of hydrogen-bond donors (Lipinski definition) is 2. The first-order chi connectivity index (χ1) is 10.7. The molecule has 0 unspecified atom stereocenters. The summed E-state index contributed by atoms with van der Waals surface area (Å²) in [5.74, 6) is 1.13. The predicted molar refractivity (Wildman–Crippen MR) is 84.6 cm³/mol. The summed E-state index contributed by atoms with van der Waals surface area (Å²) in [6.45, 7) is 0. The van der Waals surface area contributed by atoms with Crippen LogP contribution in [0.25, 0.3) is 10.9 Å². The highest BCUT2D eigenvalue weighted by Gasteiger charge is 2.13. The molecule has 22 heavy (non-hydrogen) atoms. The number of aromatic nitrogens is 1. The fraction of sp³-hybridized carbons (Fsp3) is 0.118. The van der Waals surface area contributed by atoms with Crippen LogP contribution in [0.3, 0.4) is 0 Å². The second-order valence-corrected chi connectivity index (χ2v) is 4.72. The summed E-state index contributed by atoms with van der Waals surface area (Å²) in [5, 5.41) is 3.60. The van der Waals surface area contributed by atoms with Gasteiger partial charge in [-0.25, -0.2) is 0 Å². The van der Waals surface area contributed by atoms with E-state index in [1.54, 1.807) is 26.4 Å². The molecule has 5 nitrogen and oxygen atoms in total. The third-order valence-corrected chi connectivity index (χ3v) is 3.37. The first-order valence-corrected chi connectivity index (χ1v) is 6.74. The van der Waals surface area contributed by atoms with E-state index in [4.69, 9.17) is 9.47 Å². The molecule has 0 saturated heterocycles. The van der Waals surface area contributed by atoms with Crippen LogP contribution >= 0.6 is 0 Å². The van der Waals surface area contributed by atoms with Crippen LogP contribution in [0.15, 0.2) is 42.5 Å². The highest BCUT2D eigenvalue weighted by atomic mass is 16.5. The van der Waals surface area contributed by atoms with E-state index in [0.717, 1.165) is 10.9 Å². The maximum absolute atomic E-state index is 12.4.